The number of aromatic nitrogens is 8. The van der Waals surface area contributed by atoms with Gasteiger partial charge in [-0.05, 0) is 6.92 Å². The molecule has 0 fully saturated rings. The largest absolute Gasteiger partial charge is 0.584 e. The molecular formula is C17H10F4N8+2. The van der Waals surface area contributed by atoms with Crippen molar-refractivity contribution in [1.82, 2.24) is 29.5 Å². The van der Waals surface area contributed by atoms with E-state index in [4.69, 9.17) is 0 Å². The van der Waals surface area contributed by atoms with Crippen molar-refractivity contribution < 1.29 is 26.7 Å². The number of aryl methyl sites for hydroxylation is 1. The second-order valence-corrected chi connectivity index (χ2v) is 6.75. The average molecular weight is 402 g/mol. The Morgan fingerprint density at radius 3 is 2.62 bits per heavy atom. The summed E-state index contributed by atoms with van der Waals surface area (Å²) in [7, 11) is 0. The standard InChI is InChI=1S/C17H10F4N8/c1-9-23-15-12-6-10(18)2-4-26(12)17(29(15)24-9)27-5-3-22-8-13(27)11-7-14(16(19,20)21)25-28(11)17/h2-8H,1H3/q+2. The number of halogens is 4. The van der Waals surface area contributed by atoms with Crippen molar-refractivity contribution in [2.75, 3.05) is 0 Å². The van der Waals surface area contributed by atoms with Crippen molar-refractivity contribution in [3.05, 3.63) is 60.3 Å². The minimum atomic E-state index is -4.64. The zero-order valence-corrected chi connectivity index (χ0v) is 14.6. The highest BCUT2D eigenvalue weighted by atomic mass is 19.4. The summed E-state index contributed by atoms with van der Waals surface area (Å²) in [5.41, 5.74) is -0.0808. The summed E-state index contributed by atoms with van der Waals surface area (Å²) in [4.78, 5) is 8.42. The molecule has 4 aromatic heterocycles. The lowest BCUT2D eigenvalue weighted by Crippen LogP contribution is -2.77. The second-order valence-electron chi connectivity index (χ2n) is 6.75. The molecule has 0 bridgehead atoms. The van der Waals surface area contributed by atoms with Gasteiger partial charge in [0.15, 0.2) is 23.8 Å². The SMILES string of the molecule is Cc1nc2n(n1)C1(n3nc(C(F)(F)F)cc3-c3cncc[n+]31)[n+]1ccc(F)cc1-2. The highest BCUT2D eigenvalue weighted by Gasteiger charge is 2.71. The summed E-state index contributed by atoms with van der Waals surface area (Å²) in [6, 6.07) is 3.45. The van der Waals surface area contributed by atoms with Crippen LogP contribution in [0.4, 0.5) is 17.6 Å². The first-order valence-electron chi connectivity index (χ1n) is 8.52. The average Bonchev–Trinajstić information content (AvgIpc) is 3.37. The van der Waals surface area contributed by atoms with E-state index in [9.17, 15) is 17.6 Å². The van der Waals surface area contributed by atoms with Crippen molar-refractivity contribution in [2.24, 2.45) is 0 Å². The van der Waals surface area contributed by atoms with Crippen LogP contribution in [-0.4, -0.2) is 29.5 Å². The number of rotatable bonds is 0. The van der Waals surface area contributed by atoms with Gasteiger partial charge in [-0.2, -0.15) is 18.3 Å². The lowest BCUT2D eigenvalue weighted by atomic mass is 10.3. The quantitative estimate of drug-likeness (QED) is 0.282. The Kier molecular flexibility index (Phi) is 2.71. The van der Waals surface area contributed by atoms with Crippen LogP contribution >= 0.6 is 0 Å². The van der Waals surface area contributed by atoms with Crippen molar-refractivity contribution >= 4 is 0 Å². The fraction of sp³-hybridized carbons (Fsp3) is 0.176. The van der Waals surface area contributed by atoms with Crippen LogP contribution in [0.5, 0.6) is 0 Å². The number of pyridine rings is 1. The molecule has 0 saturated carbocycles. The Labute approximate surface area is 159 Å². The fourth-order valence-corrected chi connectivity index (χ4v) is 4.06. The van der Waals surface area contributed by atoms with Crippen LogP contribution in [0.25, 0.3) is 22.9 Å². The van der Waals surface area contributed by atoms with Gasteiger partial charge in [-0.1, -0.05) is 13.8 Å². The van der Waals surface area contributed by atoms with E-state index < -0.39 is 23.6 Å². The van der Waals surface area contributed by atoms with Crippen LogP contribution in [0.15, 0.2) is 43.0 Å². The molecule has 144 valence electrons. The van der Waals surface area contributed by atoms with Crippen LogP contribution in [0.1, 0.15) is 11.5 Å². The van der Waals surface area contributed by atoms with Crippen molar-refractivity contribution in [3.63, 3.8) is 0 Å². The molecule has 12 heteroatoms. The first-order valence-corrected chi connectivity index (χ1v) is 8.52. The van der Waals surface area contributed by atoms with Crippen molar-refractivity contribution in [1.29, 1.82) is 0 Å². The van der Waals surface area contributed by atoms with E-state index in [1.165, 1.54) is 40.1 Å². The zero-order valence-electron chi connectivity index (χ0n) is 14.6. The Morgan fingerprint density at radius 2 is 1.83 bits per heavy atom. The second kappa shape index (κ2) is 4.82. The first kappa shape index (κ1) is 16.3. The third-order valence-electron chi connectivity index (χ3n) is 5.09. The van der Waals surface area contributed by atoms with E-state index in [0.29, 0.717) is 23.0 Å². The number of hydrogen-bond acceptors (Lipinski definition) is 4. The van der Waals surface area contributed by atoms with Crippen LogP contribution in [0, 0.1) is 12.7 Å². The van der Waals surface area contributed by atoms with Crippen LogP contribution in [-0.2, 0) is 12.1 Å². The molecule has 0 amide bonds. The van der Waals surface area contributed by atoms with E-state index in [1.807, 2.05) is 0 Å². The Bertz CT molecular complexity index is 1340. The molecular weight excluding hydrogens is 392 g/mol. The van der Waals surface area contributed by atoms with Gasteiger partial charge >= 0.3 is 12.1 Å². The molecule has 0 aromatic carbocycles. The summed E-state index contributed by atoms with van der Waals surface area (Å²) in [6.45, 7) is 1.65. The summed E-state index contributed by atoms with van der Waals surface area (Å²) in [6.07, 6.45) is 1.38. The van der Waals surface area contributed by atoms with Gasteiger partial charge in [0.25, 0.3) is 11.4 Å². The molecule has 1 atom stereocenters. The van der Waals surface area contributed by atoms with Crippen LogP contribution in [0.3, 0.4) is 0 Å². The lowest BCUT2D eigenvalue weighted by molar-refractivity contribution is -0.990. The molecule has 1 unspecified atom stereocenters. The zero-order chi connectivity index (χ0) is 20.1. The molecule has 4 aromatic rings. The first-order chi connectivity index (χ1) is 13.8. The van der Waals surface area contributed by atoms with Gasteiger partial charge in [0.1, 0.15) is 17.8 Å². The lowest BCUT2D eigenvalue weighted by Gasteiger charge is -2.15. The fourth-order valence-electron chi connectivity index (χ4n) is 4.06. The summed E-state index contributed by atoms with van der Waals surface area (Å²) < 4.78 is 60.3. The molecule has 6 heterocycles. The van der Waals surface area contributed by atoms with Gasteiger partial charge < -0.3 is 0 Å². The maximum Gasteiger partial charge on any atom is 0.584 e. The smallest absolute Gasteiger partial charge is 0.251 e. The van der Waals surface area contributed by atoms with Gasteiger partial charge in [0.05, 0.1) is 12.3 Å². The topological polar surface area (TPSA) is 69.2 Å². The Morgan fingerprint density at radius 1 is 1.03 bits per heavy atom. The van der Waals surface area contributed by atoms with Gasteiger partial charge in [-0.25, -0.2) is 9.37 Å². The minimum absolute atomic E-state index is 0.203. The maximum atomic E-state index is 14.0. The molecule has 2 aliphatic rings. The van der Waals surface area contributed by atoms with Gasteiger partial charge in [-0.3, -0.25) is 4.98 Å². The summed E-state index contributed by atoms with van der Waals surface area (Å²) in [5.74, 6) is -1.30. The van der Waals surface area contributed by atoms with Crippen LogP contribution < -0.4 is 9.13 Å². The van der Waals surface area contributed by atoms with Gasteiger partial charge in [0.2, 0.25) is 5.82 Å². The molecule has 0 N–H and O–H groups in total. The third kappa shape index (κ3) is 1.78. The Balaban J connectivity index is 1.81. The van der Waals surface area contributed by atoms with Gasteiger partial charge in [-0.15, -0.1) is 9.78 Å². The maximum absolute atomic E-state index is 14.0. The number of hydrogen-bond donors (Lipinski definition) is 0. The molecule has 6 rings (SSSR count). The Hall–Kier alpha value is -3.70. The molecule has 2 aliphatic heterocycles. The molecule has 0 aliphatic carbocycles. The molecule has 0 radical (unpaired) electrons. The van der Waals surface area contributed by atoms with E-state index in [1.54, 1.807) is 22.3 Å². The molecule has 8 nitrogen and oxygen atoms in total. The van der Waals surface area contributed by atoms with E-state index in [2.05, 4.69) is 20.2 Å². The van der Waals surface area contributed by atoms with E-state index >= 15 is 0 Å². The molecule has 0 saturated heterocycles. The normalized spacial score (nSPS) is 18.7. The predicted octanol–water partition coefficient (Wildman–Crippen LogP) is 1.08. The monoisotopic (exact) mass is 402 g/mol. The van der Waals surface area contributed by atoms with Crippen LogP contribution in [0.2, 0.25) is 0 Å². The third-order valence-corrected chi connectivity index (χ3v) is 5.09. The van der Waals surface area contributed by atoms with Crippen molar-refractivity contribution in [3.8, 4) is 22.9 Å². The highest BCUT2D eigenvalue weighted by Crippen LogP contribution is 2.39. The number of fused-ring (bicyclic) bond motifs is 10. The number of alkyl halides is 3. The number of nitrogens with zero attached hydrogens (tertiary/aromatic N) is 8. The van der Waals surface area contributed by atoms with E-state index in [0.717, 1.165) is 6.07 Å². The highest BCUT2D eigenvalue weighted by molar-refractivity contribution is 5.55. The predicted molar refractivity (Wildman–Crippen MR) is 85.2 cm³/mol. The molecule has 29 heavy (non-hydrogen) atoms. The molecule has 1 spiro atoms. The summed E-state index contributed by atoms with van der Waals surface area (Å²) in [5, 5.41) is 8.30. The minimum Gasteiger partial charge on any atom is -0.251 e. The van der Waals surface area contributed by atoms with E-state index in [-0.39, 0.29) is 5.69 Å². The summed E-state index contributed by atoms with van der Waals surface area (Å²) >= 11 is 0. The van der Waals surface area contributed by atoms with Crippen molar-refractivity contribution in [2.45, 2.75) is 19.0 Å². The van der Waals surface area contributed by atoms with Gasteiger partial charge in [0, 0.05) is 12.1 Å².